The van der Waals surface area contributed by atoms with Gasteiger partial charge in [0.1, 0.15) is 5.75 Å². The van der Waals surface area contributed by atoms with Crippen LogP contribution in [0.15, 0.2) is 64.6 Å². The summed E-state index contributed by atoms with van der Waals surface area (Å²) in [7, 11) is 0. The van der Waals surface area contributed by atoms with Crippen molar-refractivity contribution in [3.8, 4) is 5.75 Å². The molecule has 0 spiro atoms. The van der Waals surface area contributed by atoms with E-state index in [9.17, 15) is 4.79 Å². The molecule has 1 heterocycles. The molecule has 0 aliphatic carbocycles. The molecule has 2 atom stereocenters. The van der Waals surface area contributed by atoms with Gasteiger partial charge < -0.3 is 14.7 Å². The molecule has 3 rings (SSSR count). The van der Waals surface area contributed by atoms with Gasteiger partial charge >= 0.3 is 5.97 Å². The van der Waals surface area contributed by atoms with E-state index in [1.54, 1.807) is 11.8 Å². The summed E-state index contributed by atoms with van der Waals surface area (Å²) in [5.41, 5.74) is 2.39. The van der Waals surface area contributed by atoms with Crippen LogP contribution in [0.25, 0.3) is 0 Å². The lowest BCUT2D eigenvalue weighted by Crippen LogP contribution is -2.28. The van der Waals surface area contributed by atoms with Crippen LogP contribution in [0.2, 0.25) is 0 Å². The Morgan fingerprint density at radius 3 is 2.77 bits per heavy atom. The number of carbonyl (C=O) groups is 1. The van der Waals surface area contributed by atoms with E-state index in [0.717, 1.165) is 17.5 Å². The van der Waals surface area contributed by atoms with Crippen LogP contribution in [0.3, 0.4) is 0 Å². The zero-order valence-electron chi connectivity index (χ0n) is 17.7. The number of carboxylic acids is 1. The van der Waals surface area contributed by atoms with Gasteiger partial charge in [-0.1, -0.05) is 44.9 Å². The molecule has 0 saturated carbocycles. The van der Waals surface area contributed by atoms with E-state index in [1.807, 2.05) is 24.1 Å². The van der Waals surface area contributed by atoms with Crippen molar-refractivity contribution >= 4 is 40.9 Å². The first kappa shape index (κ1) is 22.6. The van der Waals surface area contributed by atoms with E-state index >= 15 is 0 Å². The second-order valence-electron chi connectivity index (χ2n) is 7.40. The van der Waals surface area contributed by atoms with Gasteiger partial charge in [-0.05, 0) is 42.9 Å². The van der Waals surface area contributed by atoms with E-state index < -0.39 is 5.97 Å². The maximum absolute atomic E-state index is 10.8. The van der Waals surface area contributed by atoms with Crippen LogP contribution in [-0.4, -0.2) is 29.1 Å². The Labute approximate surface area is 187 Å². The monoisotopic (exact) mass is 443 g/mol. The van der Waals surface area contributed by atoms with E-state index in [4.69, 9.17) is 9.84 Å². The number of para-hydroxylation sites is 1. The fraction of sp³-hybridized carbons (Fsp3) is 0.375. The summed E-state index contributed by atoms with van der Waals surface area (Å²) in [4.78, 5) is 15.4. The Morgan fingerprint density at radius 2 is 2.10 bits per heavy atom. The number of nitrogens with zero attached hydrogens (tertiary/aromatic N) is 1. The molecule has 0 amide bonds. The molecule has 1 aliphatic heterocycles. The number of ether oxygens (including phenoxy) is 1. The SMILES string of the molecule is CCCCC1CN(c2ccccc2)c2cc(SC)c(O/C=C/C(=O)O)cc2SC1C. The summed E-state index contributed by atoms with van der Waals surface area (Å²) < 4.78 is 5.70. The molecule has 0 fully saturated rings. The summed E-state index contributed by atoms with van der Waals surface area (Å²) in [6, 6.07) is 14.8. The molecule has 160 valence electrons. The van der Waals surface area contributed by atoms with Gasteiger partial charge in [0.05, 0.1) is 22.9 Å². The first-order valence-electron chi connectivity index (χ1n) is 10.3. The van der Waals surface area contributed by atoms with Crippen molar-refractivity contribution in [2.24, 2.45) is 5.92 Å². The molecule has 6 heteroatoms. The molecule has 0 aromatic heterocycles. The largest absolute Gasteiger partial charge is 0.478 e. The van der Waals surface area contributed by atoms with Crippen molar-refractivity contribution in [1.82, 2.24) is 0 Å². The Bertz CT molecular complexity index is 886. The topological polar surface area (TPSA) is 49.8 Å². The molecule has 2 aromatic carbocycles. The highest BCUT2D eigenvalue weighted by atomic mass is 32.2. The number of thioether (sulfide) groups is 2. The standard InChI is InChI=1S/C24H29NO3S2/c1-4-5-9-18-16-25(19-10-7-6-8-11-19)20-14-23(29-3)21(28-13-12-24(26)27)15-22(20)30-17(18)2/h6-8,10-15,17-18H,4-5,9,16H2,1-3H3,(H,26,27)/b13-12+. The quantitative estimate of drug-likeness (QED) is 0.274. The third kappa shape index (κ3) is 5.55. The highest BCUT2D eigenvalue weighted by Crippen LogP contribution is 2.47. The number of anilines is 2. The summed E-state index contributed by atoms with van der Waals surface area (Å²) in [5, 5.41) is 9.34. The highest BCUT2D eigenvalue weighted by molar-refractivity contribution is 8.00. The van der Waals surface area contributed by atoms with E-state index in [0.29, 0.717) is 16.9 Å². The lowest BCUT2D eigenvalue weighted by Gasteiger charge is -2.29. The number of aliphatic carboxylic acids is 1. The fourth-order valence-corrected chi connectivity index (χ4v) is 5.49. The number of benzene rings is 2. The molecule has 4 nitrogen and oxygen atoms in total. The minimum absolute atomic E-state index is 0.478. The second-order valence-corrected chi connectivity index (χ2v) is 9.67. The highest BCUT2D eigenvalue weighted by Gasteiger charge is 2.29. The van der Waals surface area contributed by atoms with E-state index in [2.05, 4.69) is 55.1 Å². The molecule has 2 unspecified atom stereocenters. The predicted octanol–water partition coefficient (Wildman–Crippen LogP) is 6.82. The van der Waals surface area contributed by atoms with Crippen LogP contribution >= 0.6 is 23.5 Å². The summed E-state index contributed by atoms with van der Waals surface area (Å²) in [6.45, 7) is 5.55. The molecule has 2 aromatic rings. The number of carboxylic acid groups (broad SMARTS) is 1. The summed E-state index contributed by atoms with van der Waals surface area (Å²) in [5.74, 6) is 0.252. The molecule has 0 radical (unpaired) electrons. The smallest absolute Gasteiger partial charge is 0.331 e. The number of rotatable bonds is 8. The van der Waals surface area contributed by atoms with Crippen molar-refractivity contribution in [3.05, 3.63) is 54.8 Å². The van der Waals surface area contributed by atoms with Crippen molar-refractivity contribution < 1.29 is 14.6 Å². The predicted molar refractivity (Wildman–Crippen MR) is 127 cm³/mol. The minimum Gasteiger partial charge on any atom is -0.478 e. The van der Waals surface area contributed by atoms with Crippen LogP contribution in [0.5, 0.6) is 5.75 Å². The molecule has 1 aliphatic rings. The molecule has 30 heavy (non-hydrogen) atoms. The van der Waals surface area contributed by atoms with Crippen molar-refractivity contribution in [1.29, 1.82) is 0 Å². The van der Waals surface area contributed by atoms with Crippen molar-refractivity contribution in [2.75, 3.05) is 17.7 Å². The first-order chi connectivity index (χ1) is 14.5. The van der Waals surface area contributed by atoms with Gasteiger partial charge in [-0.3, -0.25) is 0 Å². The Balaban J connectivity index is 2.04. The maximum atomic E-state index is 10.8. The zero-order chi connectivity index (χ0) is 21.5. The third-order valence-corrected chi connectivity index (χ3v) is 7.43. The third-order valence-electron chi connectivity index (χ3n) is 5.33. The van der Waals surface area contributed by atoms with Gasteiger partial charge in [0, 0.05) is 22.4 Å². The molecule has 0 bridgehead atoms. The maximum Gasteiger partial charge on any atom is 0.331 e. The molecule has 1 N–H and O–H groups in total. The molecule has 0 saturated heterocycles. The van der Waals surface area contributed by atoms with Crippen molar-refractivity contribution in [2.45, 2.75) is 48.2 Å². The van der Waals surface area contributed by atoms with Gasteiger partial charge in [-0.15, -0.1) is 23.5 Å². The normalized spacial score (nSPS) is 18.8. The lowest BCUT2D eigenvalue weighted by atomic mass is 9.97. The van der Waals surface area contributed by atoms with E-state index in [-0.39, 0.29) is 0 Å². The van der Waals surface area contributed by atoms with Gasteiger partial charge in [0.2, 0.25) is 0 Å². The Kier molecular flexibility index (Phi) is 8.16. The van der Waals surface area contributed by atoms with Crippen LogP contribution in [0.1, 0.15) is 33.1 Å². The Morgan fingerprint density at radius 1 is 1.33 bits per heavy atom. The average Bonchev–Trinajstić information content (AvgIpc) is 2.87. The van der Waals surface area contributed by atoms with Gasteiger partial charge in [0.25, 0.3) is 0 Å². The minimum atomic E-state index is -1.02. The van der Waals surface area contributed by atoms with Gasteiger partial charge in [0.15, 0.2) is 0 Å². The molecular formula is C24H29NO3S2. The van der Waals surface area contributed by atoms with Crippen LogP contribution in [0, 0.1) is 5.92 Å². The van der Waals surface area contributed by atoms with Crippen molar-refractivity contribution in [3.63, 3.8) is 0 Å². The number of fused-ring (bicyclic) bond motifs is 1. The second kappa shape index (κ2) is 10.8. The average molecular weight is 444 g/mol. The van der Waals surface area contributed by atoms with Gasteiger partial charge in [-0.2, -0.15) is 0 Å². The molecular weight excluding hydrogens is 414 g/mol. The number of hydrogen-bond acceptors (Lipinski definition) is 5. The van der Waals surface area contributed by atoms with Gasteiger partial charge in [-0.25, -0.2) is 4.79 Å². The summed E-state index contributed by atoms with van der Waals surface area (Å²) >= 11 is 3.50. The first-order valence-corrected chi connectivity index (χ1v) is 12.4. The number of unbranched alkanes of at least 4 members (excludes halogenated alkanes) is 1. The Hall–Kier alpha value is -2.05. The summed E-state index contributed by atoms with van der Waals surface area (Å²) in [6.07, 6.45) is 7.92. The van der Waals surface area contributed by atoms with E-state index in [1.165, 1.54) is 41.8 Å². The zero-order valence-corrected chi connectivity index (χ0v) is 19.3. The fourth-order valence-electron chi connectivity index (χ4n) is 3.68. The van der Waals surface area contributed by atoms with Crippen LogP contribution in [-0.2, 0) is 4.79 Å². The van der Waals surface area contributed by atoms with Crippen LogP contribution in [0.4, 0.5) is 11.4 Å². The number of hydrogen-bond donors (Lipinski definition) is 1. The van der Waals surface area contributed by atoms with Crippen LogP contribution < -0.4 is 9.64 Å². The lowest BCUT2D eigenvalue weighted by molar-refractivity contribution is -0.131.